The van der Waals surface area contributed by atoms with Crippen molar-refractivity contribution in [2.24, 2.45) is 0 Å². The van der Waals surface area contributed by atoms with Gasteiger partial charge in [-0.1, -0.05) is 18.2 Å². The summed E-state index contributed by atoms with van der Waals surface area (Å²) >= 11 is 1.50. The number of hydrogen-bond donors (Lipinski definition) is 1. The molecule has 1 unspecified atom stereocenters. The highest BCUT2D eigenvalue weighted by atomic mass is 32.1. The summed E-state index contributed by atoms with van der Waals surface area (Å²) in [6.45, 7) is 5.99. The van der Waals surface area contributed by atoms with Gasteiger partial charge in [-0.05, 0) is 48.5 Å². The first-order chi connectivity index (χ1) is 13.6. The Morgan fingerprint density at radius 2 is 1.96 bits per heavy atom. The van der Waals surface area contributed by atoms with Gasteiger partial charge in [-0.25, -0.2) is 0 Å². The van der Waals surface area contributed by atoms with E-state index in [9.17, 15) is 4.79 Å². The molecule has 150 valence electrons. The monoisotopic (exact) mass is 398 g/mol. The summed E-state index contributed by atoms with van der Waals surface area (Å²) in [5.41, 5.74) is 4.12. The van der Waals surface area contributed by atoms with E-state index < -0.39 is 0 Å². The number of piperazine rings is 1. The average Bonchev–Trinajstić information content (AvgIpc) is 3.24. The van der Waals surface area contributed by atoms with E-state index in [-0.39, 0.29) is 11.9 Å². The van der Waals surface area contributed by atoms with Gasteiger partial charge >= 0.3 is 0 Å². The molecule has 1 amide bonds. The van der Waals surface area contributed by atoms with Crippen molar-refractivity contribution >= 4 is 22.9 Å². The van der Waals surface area contributed by atoms with Crippen LogP contribution >= 0.6 is 11.3 Å². The zero-order valence-electron chi connectivity index (χ0n) is 16.9. The van der Waals surface area contributed by atoms with Crippen molar-refractivity contribution < 1.29 is 4.79 Å². The lowest BCUT2D eigenvalue weighted by Gasteiger charge is -2.39. The number of nitrogens with zero attached hydrogens (tertiary/aromatic N) is 3. The van der Waals surface area contributed by atoms with E-state index in [1.165, 1.54) is 34.6 Å². The van der Waals surface area contributed by atoms with Crippen LogP contribution in [-0.4, -0.2) is 69.1 Å². The van der Waals surface area contributed by atoms with Crippen LogP contribution in [0.1, 0.15) is 33.3 Å². The molecule has 4 rings (SSSR count). The average molecular weight is 399 g/mol. The minimum Gasteiger partial charge on any atom is -0.374 e. The summed E-state index contributed by atoms with van der Waals surface area (Å²) in [4.78, 5) is 20.6. The molecule has 1 atom stereocenters. The first-order valence-electron chi connectivity index (χ1n) is 10.2. The molecule has 0 spiro atoms. The number of aryl methyl sites for hydroxylation is 1. The number of hydrogen-bond acceptors (Lipinski definition) is 5. The number of rotatable bonds is 5. The SMILES string of the molecule is CN1CCN(C(CNC(=O)c2cccs2)c2ccc3c(c2)CCCN3C)CC1. The minimum absolute atomic E-state index is 0.0341. The molecule has 2 aliphatic heterocycles. The maximum Gasteiger partial charge on any atom is 0.261 e. The lowest BCUT2D eigenvalue weighted by atomic mass is 9.95. The summed E-state index contributed by atoms with van der Waals surface area (Å²) < 4.78 is 0. The van der Waals surface area contributed by atoms with Gasteiger partial charge in [-0.15, -0.1) is 11.3 Å². The quantitative estimate of drug-likeness (QED) is 0.841. The third kappa shape index (κ3) is 4.24. The summed E-state index contributed by atoms with van der Waals surface area (Å²) in [5, 5.41) is 5.14. The van der Waals surface area contributed by atoms with E-state index in [0.717, 1.165) is 44.0 Å². The molecule has 0 aliphatic carbocycles. The van der Waals surface area contributed by atoms with E-state index in [4.69, 9.17) is 0 Å². The van der Waals surface area contributed by atoms with Gasteiger partial charge in [0.15, 0.2) is 0 Å². The fourth-order valence-corrected chi connectivity index (χ4v) is 4.93. The van der Waals surface area contributed by atoms with Crippen LogP contribution in [0.15, 0.2) is 35.7 Å². The van der Waals surface area contributed by atoms with Crippen LogP contribution in [0.3, 0.4) is 0 Å². The van der Waals surface area contributed by atoms with Crippen molar-refractivity contribution in [3.63, 3.8) is 0 Å². The summed E-state index contributed by atoms with van der Waals surface area (Å²) in [6, 6.07) is 11.0. The van der Waals surface area contributed by atoms with Crippen LogP contribution in [0.5, 0.6) is 0 Å². The Hall–Kier alpha value is -1.89. The lowest BCUT2D eigenvalue weighted by molar-refractivity contribution is 0.0889. The molecular formula is C22H30N4OS. The second-order valence-corrected chi connectivity index (χ2v) is 8.90. The fraction of sp³-hybridized carbons (Fsp3) is 0.500. The van der Waals surface area contributed by atoms with Gasteiger partial charge in [0.25, 0.3) is 5.91 Å². The van der Waals surface area contributed by atoms with Gasteiger partial charge in [0.1, 0.15) is 0 Å². The predicted molar refractivity (Wildman–Crippen MR) is 116 cm³/mol. The maximum atomic E-state index is 12.5. The Morgan fingerprint density at radius 1 is 1.14 bits per heavy atom. The zero-order valence-corrected chi connectivity index (χ0v) is 17.7. The molecule has 28 heavy (non-hydrogen) atoms. The number of carbonyl (C=O) groups is 1. The third-order valence-corrected chi connectivity index (χ3v) is 6.89. The second kappa shape index (κ2) is 8.64. The molecule has 1 saturated heterocycles. The van der Waals surface area contributed by atoms with E-state index in [1.54, 1.807) is 0 Å². The number of benzene rings is 1. The largest absolute Gasteiger partial charge is 0.374 e. The fourth-order valence-electron chi connectivity index (χ4n) is 4.29. The second-order valence-electron chi connectivity index (χ2n) is 7.96. The molecular weight excluding hydrogens is 368 g/mol. The molecule has 0 radical (unpaired) electrons. The Labute approximate surface area is 171 Å². The van der Waals surface area contributed by atoms with Crippen LogP contribution in [0.2, 0.25) is 0 Å². The molecule has 0 bridgehead atoms. The van der Waals surface area contributed by atoms with Gasteiger partial charge in [0.2, 0.25) is 0 Å². The molecule has 3 heterocycles. The molecule has 2 aromatic rings. The van der Waals surface area contributed by atoms with Crippen molar-refractivity contribution in [3.8, 4) is 0 Å². The minimum atomic E-state index is 0.0341. The Morgan fingerprint density at radius 3 is 2.71 bits per heavy atom. The van der Waals surface area contributed by atoms with Crippen molar-refractivity contribution in [1.82, 2.24) is 15.1 Å². The van der Waals surface area contributed by atoms with Crippen LogP contribution < -0.4 is 10.2 Å². The molecule has 1 aromatic heterocycles. The van der Waals surface area contributed by atoms with Crippen LogP contribution in [0.25, 0.3) is 0 Å². The smallest absolute Gasteiger partial charge is 0.261 e. The van der Waals surface area contributed by atoms with Crippen LogP contribution in [-0.2, 0) is 6.42 Å². The number of fused-ring (bicyclic) bond motifs is 1. The normalized spacial score (nSPS) is 19.3. The Kier molecular flexibility index (Phi) is 5.99. The zero-order chi connectivity index (χ0) is 19.5. The first-order valence-corrected chi connectivity index (χ1v) is 11.1. The lowest BCUT2D eigenvalue weighted by Crippen LogP contribution is -2.48. The number of amides is 1. The highest BCUT2D eigenvalue weighted by Gasteiger charge is 2.26. The molecule has 2 aliphatic rings. The summed E-state index contributed by atoms with van der Waals surface area (Å²) in [5.74, 6) is 0.0341. The highest BCUT2D eigenvalue weighted by molar-refractivity contribution is 7.12. The topological polar surface area (TPSA) is 38.8 Å². The predicted octanol–water partition coefficient (Wildman–Crippen LogP) is 2.85. The molecule has 1 fully saturated rings. The Bertz CT molecular complexity index is 799. The number of thiophene rings is 1. The summed E-state index contributed by atoms with van der Waals surface area (Å²) in [6.07, 6.45) is 2.35. The maximum absolute atomic E-state index is 12.5. The van der Waals surface area contributed by atoms with Gasteiger partial charge in [-0.2, -0.15) is 0 Å². The first kappa shape index (κ1) is 19.4. The van der Waals surface area contributed by atoms with E-state index in [2.05, 4.69) is 52.3 Å². The van der Waals surface area contributed by atoms with Crippen molar-refractivity contribution in [2.75, 3.05) is 58.3 Å². The van der Waals surface area contributed by atoms with E-state index >= 15 is 0 Å². The van der Waals surface area contributed by atoms with Gasteiger partial charge in [0, 0.05) is 52.0 Å². The van der Waals surface area contributed by atoms with Crippen molar-refractivity contribution in [3.05, 3.63) is 51.7 Å². The highest BCUT2D eigenvalue weighted by Crippen LogP contribution is 2.31. The molecule has 0 saturated carbocycles. The van der Waals surface area contributed by atoms with Crippen LogP contribution in [0.4, 0.5) is 5.69 Å². The number of nitrogens with one attached hydrogen (secondary N) is 1. The van der Waals surface area contributed by atoms with E-state index in [0.29, 0.717) is 6.54 Å². The molecule has 5 nitrogen and oxygen atoms in total. The molecule has 1 aromatic carbocycles. The number of carbonyl (C=O) groups excluding carboxylic acids is 1. The number of likely N-dealkylation sites (N-methyl/N-ethyl adjacent to an activating group) is 1. The van der Waals surface area contributed by atoms with Crippen LogP contribution in [0, 0.1) is 0 Å². The van der Waals surface area contributed by atoms with Gasteiger partial charge in [-0.3, -0.25) is 9.69 Å². The third-order valence-electron chi connectivity index (χ3n) is 6.02. The Balaban J connectivity index is 1.55. The van der Waals surface area contributed by atoms with Crippen molar-refractivity contribution in [2.45, 2.75) is 18.9 Å². The van der Waals surface area contributed by atoms with Crippen molar-refractivity contribution in [1.29, 1.82) is 0 Å². The number of anilines is 1. The summed E-state index contributed by atoms with van der Waals surface area (Å²) in [7, 11) is 4.36. The standard InChI is InChI=1S/C22H30N4OS/c1-24-10-12-26(13-11-24)20(16-23-22(27)21-6-4-14-28-21)18-7-8-19-17(15-18)5-3-9-25(19)2/h4,6-8,14-15,20H,3,5,9-13,16H2,1-2H3,(H,23,27). The molecule has 6 heteroatoms. The van der Waals surface area contributed by atoms with Gasteiger partial charge < -0.3 is 15.1 Å². The molecule has 1 N–H and O–H groups in total. The van der Waals surface area contributed by atoms with Gasteiger partial charge in [0.05, 0.1) is 10.9 Å². The van der Waals surface area contributed by atoms with E-state index in [1.807, 2.05) is 17.5 Å².